The molecule has 1 aromatic carbocycles. The third kappa shape index (κ3) is 3.10. The van der Waals surface area contributed by atoms with Gasteiger partial charge in [0.25, 0.3) is 0 Å². The summed E-state index contributed by atoms with van der Waals surface area (Å²) >= 11 is 3.45. The molecule has 1 aliphatic heterocycles. The summed E-state index contributed by atoms with van der Waals surface area (Å²) in [5, 5.41) is 0. The maximum atomic E-state index is 14.4. The van der Waals surface area contributed by atoms with Gasteiger partial charge < -0.3 is 9.64 Å². The summed E-state index contributed by atoms with van der Waals surface area (Å²) in [6.07, 6.45) is 5.37. The fourth-order valence-electron chi connectivity index (χ4n) is 2.21. The predicted octanol–water partition coefficient (Wildman–Crippen LogP) is 4.86. The van der Waals surface area contributed by atoms with Gasteiger partial charge in [0.2, 0.25) is 0 Å². The van der Waals surface area contributed by atoms with Crippen molar-refractivity contribution in [3.8, 4) is 5.75 Å². The smallest absolute Gasteiger partial charge is 0.136 e. The molecule has 1 heterocycles. The van der Waals surface area contributed by atoms with E-state index in [-0.39, 0.29) is 5.82 Å². The maximum Gasteiger partial charge on any atom is 0.136 e. The van der Waals surface area contributed by atoms with Gasteiger partial charge >= 0.3 is 0 Å². The van der Waals surface area contributed by atoms with Gasteiger partial charge in [0.05, 0.1) is 11.3 Å². The fourth-order valence-corrected chi connectivity index (χ4v) is 2.56. The quantitative estimate of drug-likeness (QED) is 0.704. The van der Waals surface area contributed by atoms with Gasteiger partial charge in [-0.25, -0.2) is 4.39 Å². The summed E-state index contributed by atoms with van der Waals surface area (Å²) in [7, 11) is 0. The van der Waals surface area contributed by atoms with Crippen molar-refractivity contribution in [2.45, 2.75) is 6.92 Å². The molecule has 1 aliphatic rings. The highest BCUT2D eigenvalue weighted by Crippen LogP contribution is 2.37. The van der Waals surface area contributed by atoms with Crippen molar-refractivity contribution in [2.24, 2.45) is 0 Å². The molecule has 110 valence electrons. The zero-order valence-corrected chi connectivity index (χ0v) is 13.5. The Kier molecular flexibility index (Phi) is 5.02. The molecule has 2 rings (SSSR count). The summed E-state index contributed by atoms with van der Waals surface area (Å²) < 4.78 is 20.8. The van der Waals surface area contributed by atoms with E-state index in [0.29, 0.717) is 24.5 Å². The largest absolute Gasteiger partial charge is 0.489 e. The number of rotatable bonds is 5. The van der Waals surface area contributed by atoms with Crippen molar-refractivity contribution in [2.75, 3.05) is 13.2 Å². The molecule has 2 nitrogen and oxygen atoms in total. The summed E-state index contributed by atoms with van der Waals surface area (Å²) in [5.41, 5.74) is 1.98. The minimum atomic E-state index is -0.319. The van der Waals surface area contributed by atoms with Gasteiger partial charge in [0.15, 0.2) is 0 Å². The minimum absolute atomic E-state index is 0.319. The van der Waals surface area contributed by atoms with Crippen LogP contribution in [0.1, 0.15) is 12.5 Å². The normalized spacial score (nSPS) is 14.6. The van der Waals surface area contributed by atoms with E-state index in [1.54, 1.807) is 18.2 Å². The Balaban J connectivity index is 2.54. The van der Waals surface area contributed by atoms with Gasteiger partial charge in [-0.15, -0.1) is 0 Å². The Morgan fingerprint density at radius 2 is 2.14 bits per heavy atom. The second kappa shape index (κ2) is 6.76. The lowest BCUT2D eigenvalue weighted by atomic mass is 10.0. The Bertz CT molecular complexity index is 634. The first-order chi connectivity index (χ1) is 10.1. The van der Waals surface area contributed by atoms with Crippen LogP contribution in [-0.4, -0.2) is 18.1 Å². The van der Waals surface area contributed by atoms with Crippen LogP contribution < -0.4 is 4.74 Å². The first-order valence-corrected chi connectivity index (χ1v) is 7.46. The molecule has 0 N–H and O–H groups in total. The maximum absolute atomic E-state index is 14.4. The Morgan fingerprint density at radius 1 is 1.38 bits per heavy atom. The Labute approximate surface area is 133 Å². The van der Waals surface area contributed by atoms with Crippen molar-refractivity contribution in [3.05, 3.63) is 71.1 Å². The molecule has 1 aromatic rings. The number of likely N-dealkylation sites (N-methyl/N-ethyl adjacent to an activating group) is 1. The molecule has 0 aromatic heterocycles. The highest BCUT2D eigenvalue weighted by atomic mass is 79.9. The standard InChI is InChI=1S/C17H17BrFNO/c1-4-11-21-16-8-6-7-14(19)17(16)15-10-9-13(18)12(3)20(15)5-2/h4,6-10H,1,3,5,11H2,2H3. The van der Waals surface area contributed by atoms with Crippen molar-refractivity contribution in [3.63, 3.8) is 0 Å². The van der Waals surface area contributed by atoms with Gasteiger partial charge in [-0.1, -0.05) is 25.3 Å². The van der Waals surface area contributed by atoms with Gasteiger partial charge in [0.1, 0.15) is 18.2 Å². The monoisotopic (exact) mass is 349 g/mol. The number of benzene rings is 1. The van der Waals surface area contributed by atoms with Gasteiger partial charge in [-0.05, 0) is 47.1 Å². The molecule has 21 heavy (non-hydrogen) atoms. The summed E-state index contributed by atoms with van der Waals surface area (Å²) in [5.74, 6) is 0.180. The molecule has 0 unspecified atom stereocenters. The van der Waals surface area contributed by atoms with Crippen molar-refractivity contribution >= 4 is 21.6 Å². The molecule has 0 saturated heterocycles. The van der Waals surface area contributed by atoms with Gasteiger partial charge in [0, 0.05) is 16.7 Å². The van der Waals surface area contributed by atoms with E-state index in [1.807, 2.05) is 24.0 Å². The van der Waals surface area contributed by atoms with E-state index < -0.39 is 0 Å². The number of hydrogen-bond donors (Lipinski definition) is 0. The van der Waals surface area contributed by atoms with E-state index in [9.17, 15) is 4.39 Å². The summed E-state index contributed by atoms with van der Waals surface area (Å²) in [6.45, 7) is 10.7. The highest BCUT2D eigenvalue weighted by molar-refractivity contribution is 9.12. The molecular formula is C17H17BrFNO. The first-order valence-electron chi connectivity index (χ1n) is 6.67. The fraction of sp³-hybridized carbons (Fsp3) is 0.176. The third-order valence-corrected chi connectivity index (χ3v) is 3.91. The predicted molar refractivity (Wildman–Crippen MR) is 88.6 cm³/mol. The molecule has 0 fully saturated rings. The summed E-state index contributed by atoms with van der Waals surface area (Å²) in [4.78, 5) is 1.95. The zero-order valence-electron chi connectivity index (χ0n) is 11.9. The van der Waals surface area contributed by atoms with Crippen LogP contribution in [-0.2, 0) is 0 Å². The van der Waals surface area contributed by atoms with Crippen molar-refractivity contribution in [1.29, 1.82) is 0 Å². The topological polar surface area (TPSA) is 12.5 Å². The second-order valence-corrected chi connectivity index (χ2v) is 5.32. The number of hydrogen-bond acceptors (Lipinski definition) is 2. The Morgan fingerprint density at radius 3 is 2.81 bits per heavy atom. The van der Waals surface area contributed by atoms with Crippen LogP contribution in [0.15, 0.2) is 59.8 Å². The lowest BCUT2D eigenvalue weighted by molar-refractivity contribution is 0.357. The Hall–Kier alpha value is -1.81. The molecule has 0 saturated carbocycles. The average Bonchev–Trinajstić information content (AvgIpc) is 2.48. The molecule has 0 radical (unpaired) electrons. The van der Waals surface area contributed by atoms with E-state index in [1.165, 1.54) is 6.07 Å². The third-order valence-electron chi connectivity index (χ3n) is 3.18. The van der Waals surface area contributed by atoms with E-state index in [4.69, 9.17) is 4.74 Å². The lowest BCUT2D eigenvalue weighted by Crippen LogP contribution is -2.23. The van der Waals surface area contributed by atoms with Crippen LogP contribution in [0.5, 0.6) is 5.75 Å². The van der Waals surface area contributed by atoms with Crippen LogP contribution in [0.3, 0.4) is 0 Å². The number of halogens is 2. The van der Waals surface area contributed by atoms with E-state index in [0.717, 1.165) is 15.9 Å². The molecule has 0 atom stereocenters. The second-order valence-electron chi connectivity index (χ2n) is 4.47. The number of allylic oxidation sites excluding steroid dienone is 3. The first kappa shape index (κ1) is 15.6. The van der Waals surface area contributed by atoms with E-state index >= 15 is 0 Å². The summed E-state index contributed by atoms with van der Waals surface area (Å²) in [6, 6.07) is 4.82. The minimum Gasteiger partial charge on any atom is -0.489 e. The molecule has 0 aliphatic carbocycles. The lowest BCUT2D eigenvalue weighted by Gasteiger charge is -2.31. The number of nitrogens with zero attached hydrogens (tertiary/aromatic N) is 1. The van der Waals surface area contributed by atoms with Gasteiger partial charge in [-0.3, -0.25) is 0 Å². The molecule has 4 heteroatoms. The van der Waals surface area contributed by atoms with E-state index in [2.05, 4.69) is 29.1 Å². The molecule has 0 spiro atoms. The van der Waals surface area contributed by atoms with Crippen LogP contribution in [0.2, 0.25) is 0 Å². The van der Waals surface area contributed by atoms with Crippen LogP contribution in [0, 0.1) is 5.82 Å². The van der Waals surface area contributed by atoms with Crippen LogP contribution in [0.25, 0.3) is 5.70 Å². The van der Waals surface area contributed by atoms with Crippen LogP contribution >= 0.6 is 15.9 Å². The average molecular weight is 350 g/mol. The van der Waals surface area contributed by atoms with Gasteiger partial charge in [-0.2, -0.15) is 0 Å². The van der Waals surface area contributed by atoms with Crippen molar-refractivity contribution in [1.82, 2.24) is 4.90 Å². The SMILES string of the molecule is C=CCOc1cccc(F)c1C1=CC=C(Br)C(=C)N1CC. The molecule has 0 amide bonds. The highest BCUT2D eigenvalue weighted by Gasteiger charge is 2.23. The van der Waals surface area contributed by atoms with Crippen LogP contribution in [0.4, 0.5) is 4.39 Å². The zero-order chi connectivity index (χ0) is 15.4. The molecular weight excluding hydrogens is 333 g/mol. The van der Waals surface area contributed by atoms with Crippen molar-refractivity contribution < 1.29 is 9.13 Å². The number of ether oxygens (including phenoxy) is 1. The molecule has 0 bridgehead atoms.